The molecule has 0 N–H and O–H groups in total. The zero-order valence-electron chi connectivity index (χ0n) is 7.75. The fourth-order valence-corrected chi connectivity index (χ4v) is 1.16. The zero-order valence-corrected chi connectivity index (χ0v) is 8.51. The zero-order chi connectivity index (χ0) is 9.68. The van der Waals surface area contributed by atoms with Crippen LogP contribution in [0.15, 0.2) is 18.3 Å². The number of alkyl halides is 1. The molecule has 0 amide bonds. The van der Waals surface area contributed by atoms with Crippen LogP contribution in [0.25, 0.3) is 6.08 Å². The SMILES string of the molecule is COc1ncc(C=CCCl)cc1C. The number of rotatable bonds is 3. The molecule has 0 aliphatic rings. The first-order valence-corrected chi connectivity index (χ1v) is 4.54. The first-order chi connectivity index (χ1) is 6.27. The van der Waals surface area contributed by atoms with Crippen LogP contribution in [-0.2, 0) is 0 Å². The van der Waals surface area contributed by atoms with E-state index in [1.54, 1.807) is 13.3 Å². The lowest BCUT2D eigenvalue weighted by molar-refractivity contribution is 0.394. The quantitative estimate of drug-likeness (QED) is 0.696. The number of allylic oxidation sites excluding steroid dienone is 1. The van der Waals surface area contributed by atoms with E-state index in [1.165, 1.54) is 0 Å². The number of aromatic nitrogens is 1. The summed E-state index contributed by atoms with van der Waals surface area (Å²) in [5.74, 6) is 1.19. The van der Waals surface area contributed by atoms with Gasteiger partial charge in [0.05, 0.1) is 7.11 Å². The van der Waals surface area contributed by atoms with E-state index in [0.717, 1.165) is 11.1 Å². The first kappa shape index (κ1) is 10.1. The largest absolute Gasteiger partial charge is 0.481 e. The third-order valence-corrected chi connectivity index (χ3v) is 1.82. The predicted molar refractivity (Wildman–Crippen MR) is 55.3 cm³/mol. The molecule has 0 atom stereocenters. The van der Waals surface area contributed by atoms with Crippen LogP contribution in [-0.4, -0.2) is 18.0 Å². The Labute approximate surface area is 83.2 Å². The highest BCUT2D eigenvalue weighted by Gasteiger charge is 1.98. The topological polar surface area (TPSA) is 22.1 Å². The van der Waals surface area contributed by atoms with Crippen molar-refractivity contribution in [2.45, 2.75) is 6.92 Å². The molecule has 1 aromatic rings. The molecule has 1 heterocycles. The van der Waals surface area contributed by atoms with E-state index in [4.69, 9.17) is 16.3 Å². The molecule has 13 heavy (non-hydrogen) atoms. The van der Waals surface area contributed by atoms with Crippen LogP contribution in [0.3, 0.4) is 0 Å². The number of ether oxygens (including phenoxy) is 1. The number of pyridine rings is 1. The maximum Gasteiger partial charge on any atom is 0.215 e. The second-order valence-corrected chi connectivity index (χ2v) is 2.96. The van der Waals surface area contributed by atoms with Gasteiger partial charge in [0.1, 0.15) is 0 Å². The average molecular weight is 198 g/mol. The molecule has 0 spiro atoms. The fourth-order valence-electron chi connectivity index (χ4n) is 1.07. The highest BCUT2D eigenvalue weighted by Crippen LogP contribution is 2.15. The number of hydrogen-bond acceptors (Lipinski definition) is 2. The molecule has 1 aromatic heterocycles. The fraction of sp³-hybridized carbons (Fsp3) is 0.300. The van der Waals surface area contributed by atoms with Crippen LogP contribution in [0.2, 0.25) is 0 Å². The molecule has 0 aromatic carbocycles. The third-order valence-electron chi connectivity index (χ3n) is 1.64. The predicted octanol–water partition coefficient (Wildman–Crippen LogP) is 2.65. The molecule has 2 nitrogen and oxygen atoms in total. The van der Waals surface area contributed by atoms with Gasteiger partial charge in [-0.1, -0.05) is 12.2 Å². The number of hydrogen-bond donors (Lipinski definition) is 0. The van der Waals surface area contributed by atoms with Gasteiger partial charge in [-0.2, -0.15) is 0 Å². The van der Waals surface area contributed by atoms with E-state index in [9.17, 15) is 0 Å². The molecule has 0 saturated carbocycles. The van der Waals surface area contributed by atoms with Gasteiger partial charge in [-0.15, -0.1) is 11.6 Å². The highest BCUT2D eigenvalue weighted by atomic mass is 35.5. The molecule has 0 fully saturated rings. The average Bonchev–Trinajstić information content (AvgIpc) is 2.15. The molecule has 1 rings (SSSR count). The highest BCUT2D eigenvalue weighted by molar-refractivity contribution is 6.19. The van der Waals surface area contributed by atoms with Gasteiger partial charge in [0.2, 0.25) is 5.88 Å². The van der Waals surface area contributed by atoms with Gasteiger partial charge >= 0.3 is 0 Å². The van der Waals surface area contributed by atoms with E-state index in [0.29, 0.717) is 11.8 Å². The lowest BCUT2D eigenvalue weighted by Gasteiger charge is -2.02. The Hall–Kier alpha value is -1.02. The standard InChI is InChI=1S/C10H12ClNO/c1-8-6-9(4-3-5-11)7-12-10(8)13-2/h3-4,6-7H,5H2,1-2H3. The van der Waals surface area contributed by atoms with Gasteiger partial charge < -0.3 is 4.74 Å². The first-order valence-electron chi connectivity index (χ1n) is 4.01. The second-order valence-electron chi connectivity index (χ2n) is 2.65. The Morgan fingerprint density at radius 3 is 2.92 bits per heavy atom. The normalized spacial score (nSPS) is 10.7. The summed E-state index contributed by atoms with van der Waals surface area (Å²) >= 11 is 5.52. The maximum absolute atomic E-state index is 5.52. The van der Waals surface area contributed by atoms with Gasteiger partial charge in [0, 0.05) is 17.6 Å². The van der Waals surface area contributed by atoms with E-state index in [-0.39, 0.29) is 0 Å². The van der Waals surface area contributed by atoms with Crippen molar-refractivity contribution in [3.8, 4) is 5.88 Å². The molecular formula is C10H12ClNO. The van der Waals surface area contributed by atoms with Gasteiger partial charge in [-0.25, -0.2) is 4.98 Å². The van der Waals surface area contributed by atoms with Crippen LogP contribution in [0.4, 0.5) is 0 Å². The van der Waals surface area contributed by atoms with Crippen molar-refractivity contribution < 1.29 is 4.74 Å². The summed E-state index contributed by atoms with van der Waals surface area (Å²) in [4.78, 5) is 4.13. The Balaban J connectivity index is 2.89. The number of methoxy groups -OCH3 is 1. The van der Waals surface area contributed by atoms with Crippen molar-refractivity contribution in [2.75, 3.05) is 13.0 Å². The molecule has 0 saturated heterocycles. The Kier molecular flexibility index (Phi) is 3.77. The van der Waals surface area contributed by atoms with E-state index >= 15 is 0 Å². The number of halogens is 1. The van der Waals surface area contributed by atoms with Crippen molar-refractivity contribution in [3.05, 3.63) is 29.5 Å². The lowest BCUT2D eigenvalue weighted by atomic mass is 10.2. The molecule has 0 aliphatic heterocycles. The molecule has 70 valence electrons. The van der Waals surface area contributed by atoms with Crippen molar-refractivity contribution in [3.63, 3.8) is 0 Å². The van der Waals surface area contributed by atoms with Gasteiger partial charge in [-0.05, 0) is 18.6 Å². The van der Waals surface area contributed by atoms with Crippen LogP contribution in [0.5, 0.6) is 5.88 Å². The van der Waals surface area contributed by atoms with Crippen molar-refractivity contribution in [1.82, 2.24) is 4.98 Å². The van der Waals surface area contributed by atoms with Gasteiger partial charge in [0.25, 0.3) is 0 Å². The maximum atomic E-state index is 5.52. The number of aryl methyl sites for hydroxylation is 1. The van der Waals surface area contributed by atoms with Crippen molar-refractivity contribution in [1.29, 1.82) is 0 Å². The summed E-state index contributed by atoms with van der Waals surface area (Å²) in [6.07, 6.45) is 5.58. The molecule has 0 aliphatic carbocycles. The summed E-state index contributed by atoms with van der Waals surface area (Å²) in [6, 6.07) is 2.01. The monoisotopic (exact) mass is 197 g/mol. The Bertz CT molecular complexity index is 310. The molecule has 0 radical (unpaired) electrons. The lowest BCUT2D eigenvalue weighted by Crippen LogP contribution is -1.91. The molecular weight excluding hydrogens is 186 g/mol. The summed E-state index contributed by atoms with van der Waals surface area (Å²) in [7, 11) is 1.61. The van der Waals surface area contributed by atoms with Crippen LogP contribution < -0.4 is 4.74 Å². The molecule has 3 heteroatoms. The Morgan fingerprint density at radius 2 is 2.38 bits per heavy atom. The van der Waals surface area contributed by atoms with Crippen molar-refractivity contribution >= 4 is 17.7 Å². The van der Waals surface area contributed by atoms with E-state index in [1.807, 2.05) is 25.1 Å². The summed E-state index contributed by atoms with van der Waals surface area (Å²) in [5, 5.41) is 0. The van der Waals surface area contributed by atoms with Gasteiger partial charge in [0.15, 0.2) is 0 Å². The molecule has 0 unspecified atom stereocenters. The van der Waals surface area contributed by atoms with Gasteiger partial charge in [-0.3, -0.25) is 0 Å². The molecule has 0 bridgehead atoms. The van der Waals surface area contributed by atoms with Crippen LogP contribution in [0, 0.1) is 6.92 Å². The third kappa shape index (κ3) is 2.74. The Morgan fingerprint density at radius 1 is 1.62 bits per heavy atom. The van der Waals surface area contributed by atoms with Crippen LogP contribution in [0.1, 0.15) is 11.1 Å². The van der Waals surface area contributed by atoms with E-state index < -0.39 is 0 Å². The van der Waals surface area contributed by atoms with Crippen LogP contribution >= 0.6 is 11.6 Å². The summed E-state index contributed by atoms with van der Waals surface area (Å²) in [6.45, 7) is 1.96. The summed E-state index contributed by atoms with van der Waals surface area (Å²) < 4.78 is 5.04. The van der Waals surface area contributed by atoms with Crippen molar-refractivity contribution in [2.24, 2.45) is 0 Å². The minimum atomic E-state index is 0.519. The number of nitrogens with zero attached hydrogens (tertiary/aromatic N) is 1. The smallest absolute Gasteiger partial charge is 0.215 e. The minimum absolute atomic E-state index is 0.519. The second kappa shape index (κ2) is 4.87. The van der Waals surface area contributed by atoms with E-state index in [2.05, 4.69) is 4.98 Å². The minimum Gasteiger partial charge on any atom is -0.481 e. The summed E-state index contributed by atoms with van der Waals surface area (Å²) in [5.41, 5.74) is 2.07.